The number of rotatable bonds is 4. The number of hydrogen-bond donors (Lipinski definition) is 1. The van der Waals surface area contributed by atoms with Gasteiger partial charge in [0.05, 0.1) is 7.11 Å². The SMILES string of the molecule is COc1ccc(C(CN)c2ccc(Cl)cc2)cc1C. The van der Waals surface area contributed by atoms with Crippen molar-refractivity contribution in [2.75, 3.05) is 13.7 Å². The molecule has 2 N–H and O–H groups in total. The van der Waals surface area contributed by atoms with E-state index < -0.39 is 0 Å². The standard InChI is InChI=1S/C16H18ClNO/c1-11-9-13(5-8-16(11)19-2)15(10-18)12-3-6-14(17)7-4-12/h3-9,15H,10,18H2,1-2H3. The van der Waals surface area contributed by atoms with Gasteiger partial charge < -0.3 is 10.5 Å². The Morgan fingerprint density at radius 2 is 1.74 bits per heavy atom. The summed E-state index contributed by atoms with van der Waals surface area (Å²) < 4.78 is 5.29. The Labute approximate surface area is 119 Å². The van der Waals surface area contributed by atoms with Crippen LogP contribution in [0.3, 0.4) is 0 Å². The molecule has 0 radical (unpaired) electrons. The lowest BCUT2D eigenvalue weighted by molar-refractivity contribution is 0.411. The van der Waals surface area contributed by atoms with Crippen LogP contribution in [0.2, 0.25) is 5.02 Å². The molecule has 2 nitrogen and oxygen atoms in total. The number of ether oxygens (including phenoxy) is 1. The molecule has 0 heterocycles. The van der Waals surface area contributed by atoms with Crippen molar-refractivity contribution < 1.29 is 4.74 Å². The molecule has 1 atom stereocenters. The molecule has 0 spiro atoms. The summed E-state index contributed by atoms with van der Waals surface area (Å²) in [5.41, 5.74) is 9.42. The zero-order valence-corrected chi connectivity index (χ0v) is 11.9. The van der Waals surface area contributed by atoms with Crippen LogP contribution in [0.25, 0.3) is 0 Å². The predicted molar refractivity (Wildman–Crippen MR) is 80.1 cm³/mol. The molecule has 0 fully saturated rings. The van der Waals surface area contributed by atoms with Gasteiger partial charge in [0.1, 0.15) is 5.75 Å². The van der Waals surface area contributed by atoms with E-state index in [4.69, 9.17) is 22.1 Å². The fourth-order valence-corrected chi connectivity index (χ4v) is 2.40. The minimum atomic E-state index is 0.182. The monoisotopic (exact) mass is 275 g/mol. The van der Waals surface area contributed by atoms with Crippen LogP contribution in [-0.2, 0) is 0 Å². The molecular formula is C16H18ClNO. The number of nitrogens with two attached hydrogens (primary N) is 1. The molecule has 0 bridgehead atoms. The first kappa shape index (κ1) is 13.9. The second-order valence-electron chi connectivity index (χ2n) is 4.57. The third-order valence-corrected chi connectivity index (χ3v) is 3.58. The number of halogens is 1. The first-order valence-electron chi connectivity index (χ1n) is 6.25. The van der Waals surface area contributed by atoms with E-state index in [1.54, 1.807) is 7.11 Å². The minimum absolute atomic E-state index is 0.182. The summed E-state index contributed by atoms with van der Waals surface area (Å²) in [5, 5.41) is 0.741. The van der Waals surface area contributed by atoms with Crippen LogP contribution in [-0.4, -0.2) is 13.7 Å². The molecule has 19 heavy (non-hydrogen) atoms. The van der Waals surface area contributed by atoms with E-state index in [-0.39, 0.29) is 5.92 Å². The van der Waals surface area contributed by atoms with Gasteiger partial charge in [-0.15, -0.1) is 0 Å². The smallest absolute Gasteiger partial charge is 0.121 e. The molecular weight excluding hydrogens is 258 g/mol. The van der Waals surface area contributed by atoms with Gasteiger partial charge in [-0.2, -0.15) is 0 Å². The Hall–Kier alpha value is -1.51. The first-order chi connectivity index (χ1) is 9.15. The lowest BCUT2D eigenvalue weighted by atomic mass is 9.90. The van der Waals surface area contributed by atoms with Gasteiger partial charge >= 0.3 is 0 Å². The predicted octanol–water partition coefficient (Wildman–Crippen LogP) is 3.75. The third kappa shape index (κ3) is 3.09. The maximum absolute atomic E-state index is 5.93. The highest BCUT2D eigenvalue weighted by molar-refractivity contribution is 6.30. The maximum Gasteiger partial charge on any atom is 0.121 e. The van der Waals surface area contributed by atoms with Crippen LogP contribution in [0.5, 0.6) is 5.75 Å². The topological polar surface area (TPSA) is 35.2 Å². The zero-order chi connectivity index (χ0) is 13.8. The normalized spacial score (nSPS) is 12.2. The minimum Gasteiger partial charge on any atom is -0.496 e. The van der Waals surface area contributed by atoms with E-state index >= 15 is 0 Å². The summed E-state index contributed by atoms with van der Waals surface area (Å²) in [6.45, 7) is 2.60. The van der Waals surface area contributed by atoms with E-state index in [0.717, 1.165) is 16.3 Å². The van der Waals surface area contributed by atoms with Crippen LogP contribution < -0.4 is 10.5 Å². The molecule has 100 valence electrons. The molecule has 3 heteroatoms. The summed E-state index contributed by atoms with van der Waals surface area (Å²) in [4.78, 5) is 0. The van der Waals surface area contributed by atoms with Gasteiger partial charge in [0.15, 0.2) is 0 Å². The Balaban J connectivity index is 2.36. The lowest BCUT2D eigenvalue weighted by Crippen LogP contribution is -2.14. The molecule has 0 saturated heterocycles. The highest BCUT2D eigenvalue weighted by Crippen LogP contribution is 2.28. The van der Waals surface area contributed by atoms with Gasteiger partial charge in [0.2, 0.25) is 0 Å². The van der Waals surface area contributed by atoms with Crippen LogP contribution in [0.1, 0.15) is 22.6 Å². The highest BCUT2D eigenvalue weighted by atomic mass is 35.5. The molecule has 2 aromatic carbocycles. The molecule has 0 saturated carbocycles. The Kier molecular flexibility index (Phi) is 4.46. The molecule has 2 rings (SSSR count). The van der Waals surface area contributed by atoms with Crippen LogP contribution >= 0.6 is 11.6 Å². The molecule has 1 unspecified atom stereocenters. The maximum atomic E-state index is 5.93. The van der Waals surface area contributed by atoms with Crippen molar-refractivity contribution >= 4 is 11.6 Å². The fraction of sp³-hybridized carbons (Fsp3) is 0.250. The Morgan fingerprint density at radius 3 is 2.26 bits per heavy atom. The Bertz CT molecular complexity index is 551. The van der Waals surface area contributed by atoms with Gasteiger partial charge in [-0.1, -0.05) is 35.9 Å². The molecule has 0 aliphatic heterocycles. The van der Waals surface area contributed by atoms with Crippen molar-refractivity contribution in [3.8, 4) is 5.75 Å². The van der Waals surface area contributed by atoms with Crippen molar-refractivity contribution in [2.45, 2.75) is 12.8 Å². The number of methoxy groups -OCH3 is 1. The summed E-state index contributed by atoms with van der Waals surface area (Å²) in [6, 6.07) is 14.0. The largest absolute Gasteiger partial charge is 0.496 e. The van der Waals surface area contributed by atoms with E-state index in [2.05, 4.69) is 12.1 Å². The van der Waals surface area contributed by atoms with Crippen molar-refractivity contribution in [1.29, 1.82) is 0 Å². The summed E-state index contributed by atoms with van der Waals surface area (Å²) >= 11 is 5.92. The van der Waals surface area contributed by atoms with Gasteiger partial charge in [-0.3, -0.25) is 0 Å². The van der Waals surface area contributed by atoms with E-state index in [0.29, 0.717) is 6.54 Å². The second-order valence-corrected chi connectivity index (χ2v) is 5.01. The summed E-state index contributed by atoms with van der Waals surface area (Å²) in [7, 11) is 1.68. The highest BCUT2D eigenvalue weighted by Gasteiger charge is 2.13. The number of aryl methyl sites for hydroxylation is 1. The number of benzene rings is 2. The van der Waals surface area contributed by atoms with Crippen LogP contribution in [0.15, 0.2) is 42.5 Å². The third-order valence-electron chi connectivity index (χ3n) is 3.33. The van der Waals surface area contributed by atoms with Gasteiger partial charge in [0, 0.05) is 17.5 Å². The quantitative estimate of drug-likeness (QED) is 0.922. The second kappa shape index (κ2) is 6.09. The van der Waals surface area contributed by atoms with E-state index in [9.17, 15) is 0 Å². The van der Waals surface area contributed by atoms with Crippen molar-refractivity contribution in [2.24, 2.45) is 5.73 Å². The average Bonchev–Trinajstić information content (AvgIpc) is 2.42. The van der Waals surface area contributed by atoms with E-state index in [1.165, 1.54) is 11.1 Å². The van der Waals surface area contributed by atoms with Gasteiger partial charge in [-0.25, -0.2) is 0 Å². The van der Waals surface area contributed by atoms with Crippen molar-refractivity contribution in [3.63, 3.8) is 0 Å². The Morgan fingerprint density at radius 1 is 1.11 bits per heavy atom. The molecule has 0 aliphatic carbocycles. The summed E-state index contributed by atoms with van der Waals surface area (Å²) in [5.74, 6) is 1.08. The molecule has 0 aromatic heterocycles. The van der Waals surface area contributed by atoms with Crippen molar-refractivity contribution in [3.05, 3.63) is 64.2 Å². The lowest BCUT2D eigenvalue weighted by Gasteiger charge is -2.17. The zero-order valence-electron chi connectivity index (χ0n) is 11.2. The van der Waals surface area contributed by atoms with Gasteiger partial charge in [-0.05, 0) is 41.8 Å². The molecule has 0 amide bonds. The fourth-order valence-electron chi connectivity index (χ4n) is 2.28. The molecule has 2 aromatic rings. The van der Waals surface area contributed by atoms with Crippen LogP contribution in [0.4, 0.5) is 0 Å². The molecule has 0 aliphatic rings. The van der Waals surface area contributed by atoms with E-state index in [1.807, 2.05) is 37.3 Å². The number of hydrogen-bond acceptors (Lipinski definition) is 2. The van der Waals surface area contributed by atoms with Crippen molar-refractivity contribution in [1.82, 2.24) is 0 Å². The van der Waals surface area contributed by atoms with Gasteiger partial charge in [0.25, 0.3) is 0 Å². The first-order valence-corrected chi connectivity index (χ1v) is 6.63. The van der Waals surface area contributed by atoms with Crippen LogP contribution in [0, 0.1) is 6.92 Å². The summed E-state index contributed by atoms with van der Waals surface area (Å²) in [6.07, 6.45) is 0. The average molecular weight is 276 g/mol.